The number of hydrogen-bond donors (Lipinski definition) is 2. The number of rotatable bonds is 8. The molecule has 1 fully saturated rings. The highest BCUT2D eigenvalue weighted by Gasteiger charge is 2.16. The molecule has 0 spiro atoms. The van der Waals surface area contributed by atoms with E-state index in [0.717, 1.165) is 50.5 Å². The van der Waals surface area contributed by atoms with Crippen LogP contribution in [0.15, 0.2) is 47.4 Å². The maximum Gasteiger partial charge on any atom is 0.221 e. The molecule has 1 saturated heterocycles. The Morgan fingerprint density at radius 1 is 1.07 bits per heavy atom. The molecule has 0 aromatic heterocycles. The molecule has 0 aliphatic carbocycles. The summed E-state index contributed by atoms with van der Waals surface area (Å²) in [6.45, 7) is 5.02. The monoisotopic (exact) mass is 407 g/mol. The zero-order valence-corrected chi connectivity index (χ0v) is 16.5. The molecule has 28 heavy (non-hydrogen) atoms. The summed E-state index contributed by atoms with van der Waals surface area (Å²) in [6, 6.07) is 11.9. The molecule has 0 unspecified atom stereocenters. The molecule has 0 radical (unpaired) electrons. The number of carbonyl (C=O) groups excluding carboxylic acids is 1. The fourth-order valence-corrected chi connectivity index (χ4v) is 3.99. The molecule has 1 aliphatic heterocycles. The van der Waals surface area contributed by atoms with Crippen molar-refractivity contribution in [1.82, 2.24) is 5.32 Å². The summed E-state index contributed by atoms with van der Waals surface area (Å²) < 4.78 is 31.5. The van der Waals surface area contributed by atoms with Gasteiger partial charge in [0.15, 0.2) is 11.6 Å². The van der Waals surface area contributed by atoms with Crippen molar-refractivity contribution >= 4 is 17.7 Å². The van der Waals surface area contributed by atoms with Crippen LogP contribution >= 0.6 is 11.8 Å². The van der Waals surface area contributed by atoms with Crippen molar-refractivity contribution < 1.29 is 23.2 Å². The molecule has 1 heterocycles. The third kappa shape index (κ3) is 6.29. The summed E-state index contributed by atoms with van der Waals surface area (Å²) in [5.41, 5.74) is 2.37. The lowest BCUT2D eigenvalue weighted by Gasteiger charge is -2.24. The van der Waals surface area contributed by atoms with Crippen molar-refractivity contribution in [1.29, 1.82) is 0 Å². The van der Waals surface area contributed by atoms with Crippen molar-refractivity contribution in [2.24, 2.45) is 0 Å². The smallest absolute Gasteiger partial charge is 0.221 e. The second-order valence-corrected chi connectivity index (χ2v) is 7.93. The minimum Gasteiger partial charge on any atom is -0.370 e. The minimum atomic E-state index is -0.867. The molecule has 2 N–H and O–H groups in total. The first kappa shape index (κ1) is 20.8. The SMILES string of the molecule is O=C(CCSc1ccc(F)c(F)c1)NCc1ccccc1C[NH+]1CCOCC1. The van der Waals surface area contributed by atoms with Gasteiger partial charge in [-0.15, -0.1) is 11.8 Å². The predicted molar refractivity (Wildman–Crippen MR) is 105 cm³/mol. The van der Waals surface area contributed by atoms with Crippen molar-refractivity contribution in [2.75, 3.05) is 32.1 Å². The quantitative estimate of drug-likeness (QED) is 0.660. The van der Waals surface area contributed by atoms with E-state index in [9.17, 15) is 13.6 Å². The lowest BCUT2D eigenvalue weighted by molar-refractivity contribution is -0.921. The molecule has 2 aromatic carbocycles. The number of ether oxygens (including phenoxy) is 1. The Kier molecular flexibility index (Phi) is 7.82. The molecule has 2 aromatic rings. The first-order valence-corrected chi connectivity index (χ1v) is 10.4. The largest absolute Gasteiger partial charge is 0.370 e. The van der Waals surface area contributed by atoms with Gasteiger partial charge in [-0.2, -0.15) is 0 Å². The highest BCUT2D eigenvalue weighted by molar-refractivity contribution is 7.99. The predicted octanol–water partition coefficient (Wildman–Crippen LogP) is 2.18. The van der Waals surface area contributed by atoms with Crippen molar-refractivity contribution in [3.63, 3.8) is 0 Å². The van der Waals surface area contributed by atoms with Crippen LogP contribution in [-0.4, -0.2) is 38.0 Å². The van der Waals surface area contributed by atoms with Gasteiger partial charge in [0.1, 0.15) is 19.6 Å². The molecule has 0 bridgehead atoms. The molecule has 0 saturated carbocycles. The van der Waals surface area contributed by atoms with E-state index in [2.05, 4.69) is 11.4 Å². The Hall–Kier alpha value is -1.96. The Morgan fingerprint density at radius 3 is 2.57 bits per heavy atom. The summed E-state index contributed by atoms with van der Waals surface area (Å²) >= 11 is 1.34. The summed E-state index contributed by atoms with van der Waals surface area (Å²) in [5.74, 6) is -1.27. The fraction of sp³-hybridized carbons (Fsp3) is 0.381. The third-order valence-electron chi connectivity index (χ3n) is 4.72. The van der Waals surface area contributed by atoms with Gasteiger partial charge < -0.3 is 15.0 Å². The number of thioether (sulfide) groups is 1. The van der Waals surface area contributed by atoms with E-state index >= 15 is 0 Å². The average molecular weight is 408 g/mol. The fourth-order valence-electron chi connectivity index (χ4n) is 3.12. The number of quaternary nitrogens is 1. The Morgan fingerprint density at radius 2 is 1.82 bits per heavy atom. The van der Waals surface area contributed by atoms with Crippen molar-refractivity contribution in [2.45, 2.75) is 24.4 Å². The zero-order valence-electron chi connectivity index (χ0n) is 15.7. The molecule has 4 nitrogen and oxygen atoms in total. The number of nitrogens with one attached hydrogen (secondary N) is 2. The molecule has 0 atom stereocenters. The van der Waals surface area contributed by atoms with Crippen LogP contribution in [0.2, 0.25) is 0 Å². The van der Waals surface area contributed by atoms with Gasteiger partial charge in [-0.25, -0.2) is 8.78 Å². The van der Waals surface area contributed by atoms with Crippen LogP contribution in [0.5, 0.6) is 0 Å². The van der Waals surface area contributed by atoms with Crippen LogP contribution in [0.25, 0.3) is 0 Å². The van der Waals surface area contributed by atoms with Crippen LogP contribution in [0, 0.1) is 11.6 Å². The van der Waals surface area contributed by atoms with Gasteiger partial charge in [-0.3, -0.25) is 4.79 Å². The number of carbonyl (C=O) groups is 1. The average Bonchev–Trinajstić information content (AvgIpc) is 2.71. The highest BCUT2D eigenvalue weighted by atomic mass is 32.2. The lowest BCUT2D eigenvalue weighted by Crippen LogP contribution is -3.12. The second-order valence-electron chi connectivity index (χ2n) is 6.76. The van der Waals surface area contributed by atoms with Gasteiger partial charge in [-0.05, 0) is 23.8 Å². The Bertz CT molecular complexity index is 798. The zero-order chi connectivity index (χ0) is 19.8. The van der Waals surface area contributed by atoms with E-state index in [-0.39, 0.29) is 5.91 Å². The number of benzene rings is 2. The topological polar surface area (TPSA) is 42.8 Å². The minimum absolute atomic E-state index is 0.0522. The van der Waals surface area contributed by atoms with E-state index < -0.39 is 11.6 Å². The van der Waals surface area contributed by atoms with E-state index in [1.54, 1.807) is 0 Å². The highest BCUT2D eigenvalue weighted by Crippen LogP contribution is 2.21. The van der Waals surface area contributed by atoms with Gasteiger partial charge in [0.25, 0.3) is 0 Å². The van der Waals surface area contributed by atoms with E-state index in [0.29, 0.717) is 23.6 Å². The second kappa shape index (κ2) is 10.5. The van der Waals surface area contributed by atoms with Crippen LogP contribution in [0.3, 0.4) is 0 Å². The van der Waals surface area contributed by atoms with Crippen LogP contribution in [0.1, 0.15) is 17.5 Å². The normalized spacial score (nSPS) is 14.8. The van der Waals surface area contributed by atoms with Crippen LogP contribution in [-0.2, 0) is 22.6 Å². The first-order chi connectivity index (χ1) is 13.6. The van der Waals surface area contributed by atoms with Gasteiger partial charge in [0.05, 0.1) is 13.2 Å². The van der Waals surface area contributed by atoms with Crippen molar-refractivity contribution in [3.8, 4) is 0 Å². The summed E-state index contributed by atoms with van der Waals surface area (Å²) in [5, 5.41) is 2.96. The number of hydrogen-bond acceptors (Lipinski definition) is 3. The summed E-state index contributed by atoms with van der Waals surface area (Å²) in [7, 11) is 0. The van der Waals surface area contributed by atoms with Gasteiger partial charge in [-0.1, -0.05) is 24.3 Å². The van der Waals surface area contributed by atoms with Crippen LogP contribution < -0.4 is 10.2 Å². The molecular weight excluding hydrogens is 382 g/mol. The summed E-state index contributed by atoms with van der Waals surface area (Å²) in [6.07, 6.45) is 0.320. The molecule has 1 amide bonds. The Balaban J connectivity index is 1.44. The first-order valence-electron chi connectivity index (χ1n) is 9.44. The van der Waals surface area contributed by atoms with Gasteiger partial charge in [0.2, 0.25) is 5.91 Å². The molecule has 1 aliphatic rings. The standard InChI is InChI=1S/C21H24F2N2O2S/c22-19-6-5-18(13-20(19)23)28-12-7-21(26)24-14-16-3-1-2-4-17(16)15-25-8-10-27-11-9-25/h1-6,13H,7-12,14-15H2,(H,24,26)/p+1. The van der Waals surface area contributed by atoms with E-state index in [1.165, 1.54) is 28.3 Å². The maximum absolute atomic E-state index is 13.2. The number of morpholine rings is 1. The number of amides is 1. The van der Waals surface area contributed by atoms with Gasteiger partial charge in [0, 0.05) is 29.2 Å². The molecule has 150 valence electrons. The van der Waals surface area contributed by atoms with Crippen LogP contribution in [0.4, 0.5) is 8.78 Å². The Labute approximate surface area is 168 Å². The third-order valence-corrected chi connectivity index (χ3v) is 5.72. The number of halogens is 2. The molecule has 3 rings (SSSR count). The summed E-state index contributed by atoms with van der Waals surface area (Å²) in [4.78, 5) is 14.3. The lowest BCUT2D eigenvalue weighted by atomic mass is 10.1. The van der Waals surface area contributed by atoms with E-state index in [4.69, 9.17) is 4.74 Å². The molecule has 7 heteroatoms. The van der Waals surface area contributed by atoms with Crippen molar-refractivity contribution in [3.05, 3.63) is 65.2 Å². The maximum atomic E-state index is 13.2. The molecular formula is C21H25F2N2O2S+. The van der Waals surface area contributed by atoms with Gasteiger partial charge >= 0.3 is 0 Å². The van der Waals surface area contributed by atoms with E-state index in [1.807, 2.05) is 18.2 Å².